The van der Waals surface area contributed by atoms with Crippen molar-refractivity contribution in [2.75, 3.05) is 7.05 Å². The fourth-order valence-corrected chi connectivity index (χ4v) is 7.66. The Hall–Kier alpha value is -2.62. The zero-order valence-electron chi connectivity index (χ0n) is 28.8. The maximum Gasteiger partial charge on any atom is 0.255 e. The average Bonchev–Trinajstić information content (AvgIpc) is 3.44. The zero-order valence-corrected chi connectivity index (χ0v) is 31.8. The number of carbonyl (C=O) groups excluding carboxylic acids is 1. The molecular weight excluding hydrogens is 714 g/mol. The molecule has 0 aliphatic carbocycles. The minimum atomic E-state index is -0.471. The van der Waals surface area contributed by atoms with Crippen LogP contribution in [0.5, 0.6) is 0 Å². The van der Waals surface area contributed by atoms with E-state index in [9.17, 15) is 4.79 Å². The first kappa shape index (κ1) is 35.9. The molecule has 0 bridgehead atoms. The molecule has 1 saturated heterocycles. The molecule has 2 aliphatic rings. The number of hydrogen-bond acceptors (Lipinski definition) is 2. The van der Waals surface area contributed by atoms with Gasteiger partial charge in [0.15, 0.2) is 0 Å². The zero-order chi connectivity index (χ0) is 28.7. The SMILES string of the molecule is CN1C(=O)c2c(c3c4ccccc4n(C4O[CH-]C(C)(C)C(C)(C)C4(C)C)c3c3c2c2ccccc2n3C)C1(C)C.[CH3-].[CH3-].[CH3-].[W]. The van der Waals surface area contributed by atoms with Gasteiger partial charge in [-0.25, -0.2) is 6.61 Å². The first-order valence-electron chi connectivity index (χ1n) is 14.4. The topological polar surface area (TPSA) is 39.4 Å². The van der Waals surface area contributed by atoms with Crippen LogP contribution in [0.3, 0.4) is 0 Å². The van der Waals surface area contributed by atoms with Crippen molar-refractivity contribution in [1.82, 2.24) is 14.0 Å². The van der Waals surface area contributed by atoms with Gasteiger partial charge in [0, 0.05) is 73.2 Å². The number of hydrogen-bond donors (Lipinski definition) is 0. The molecule has 0 N–H and O–H groups in total. The van der Waals surface area contributed by atoms with Crippen LogP contribution in [0.25, 0.3) is 43.6 Å². The van der Waals surface area contributed by atoms with Gasteiger partial charge in [-0.1, -0.05) is 77.9 Å². The molecule has 6 heteroatoms. The Morgan fingerprint density at radius 1 is 0.750 bits per heavy atom. The summed E-state index contributed by atoms with van der Waals surface area (Å²) >= 11 is 0. The van der Waals surface area contributed by atoms with Gasteiger partial charge in [0.1, 0.15) is 6.23 Å². The number of nitrogens with zero attached hydrogens (tertiary/aromatic N) is 3. The van der Waals surface area contributed by atoms with E-state index in [2.05, 4.69) is 127 Å². The molecule has 7 rings (SSSR count). The molecule has 2 aliphatic heterocycles. The van der Waals surface area contributed by atoms with Crippen molar-refractivity contribution in [1.29, 1.82) is 0 Å². The van der Waals surface area contributed by atoms with Crippen molar-refractivity contribution in [3.05, 3.63) is 88.5 Å². The van der Waals surface area contributed by atoms with Crippen molar-refractivity contribution in [2.24, 2.45) is 23.3 Å². The fraction of sp³-hybridized carbons (Fsp3) is 0.395. The molecule has 5 aromatic rings. The second kappa shape index (κ2) is 10.7. The van der Waals surface area contributed by atoms with Crippen molar-refractivity contribution in [2.45, 2.75) is 67.2 Å². The molecule has 44 heavy (non-hydrogen) atoms. The quantitative estimate of drug-likeness (QED) is 0.160. The van der Waals surface area contributed by atoms with Crippen molar-refractivity contribution in [3.8, 4) is 0 Å². The first-order valence-corrected chi connectivity index (χ1v) is 14.4. The van der Waals surface area contributed by atoms with Gasteiger partial charge in [-0.2, -0.15) is 0 Å². The van der Waals surface area contributed by atoms with Crippen molar-refractivity contribution in [3.63, 3.8) is 0 Å². The molecule has 1 atom stereocenters. The minimum absolute atomic E-state index is 0. The minimum Gasteiger partial charge on any atom is -0.533 e. The van der Waals surface area contributed by atoms with E-state index in [0.29, 0.717) is 0 Å². The van der Waals surface area contributed by atoms with Crippen LogP contribution in [-0.4, -0.2) is 27.0 Å². The van der Waals surface area contributed by atoms with Gasteiger partial charge in [0.25, 0.3) is 5.91 Å². The standard InChI is InChI=1S/C35H40N3O2.3CH3.W/c1-32(2)19-40-31(33(3,4)35(32,7)8)38-23-18-14-12-16-21(23)25-27-26(30(39)37(10)34(27,5)6)24-20-15-11-13-17-22(20)36(9)28(24)29(25)38;;;;/h11-19,31H,1-10H3;3*1H3;/q4*-1;. The summed E-state index contributed by atoms with van der Waals surface area (Å²) in [6.07, 6.45) is -0.241. The van der Waals surface area contributed by atoms with E-state index in [0.717, 1.165) is 49.4 Å². The third kappa shape index (κ3) is 3.94. The Balaban J connectivity index is 0.00000132. The van der Waals surface area contributed by atoms with E-state index >= 15 is 0 Å². The van der Waals surface area contributed by atoms with E-state index in [1.54, 1.807) is 0 Å². The van der Waals surface area contributed by atoms with Crippen LogP contribution in [-0.2, 0) is 38.4 Å². The number of ether oxygens (including phenoxy) is 1. The number of rotatable bonds is 1. The van der Waals surface area contributed by atoms with E-state index in [1.807, 2.05) is 11.9 Å². The van der Waals surface area contributed by atoms with Crippen LogP contribution in [0, 0.1) is 45.1 Å². The largest absolute Gasteiger partial charge is 0.533 e. The van der Waals surface area contributed by atoms with Crippen LogP contribution >= 0.6 is 0 Å². The molecular formula is C38H49N3O2W-4. The van der Waals surface area contributed by atoms with Gasteiger partial charge in [-0.3, -0.25) is 4.79 Å². The second-order valence-electron chi connectivity index (χ2n) is 14.3. The Morgan fingerprint density at radius 2 is 1.27 bits per heavy atom. The molecule has 238 valence electrons. The number of benzene rings is 3. The molecule has 1 fully saturated rings. The maximum absolute atomic E-state index is 14.1. The molecule has 0 spiro atoms. The van der Waals surface area contributed by atoms with Gasteiger partial charge in [0.2, 0.25) is 0 Å². The van der Waals surface area contributed by atoms with Crippen LogP contribution in [0.4, 0.5) is 0 Å². The third-order valence-electron chi connectivity index (χ3n) is 11.5. The molecule has 2 aromatic heterocycles. The smallest absolute Gasteiger partial charge is 0.255 e. The summed E-state index contributed by atoms with van der Waals surface area (Å²) in [5, 5.41) is 4.49. The summed E-state index contributed by atoms with van der Waals surface area (Å²) in [6, 6.07) is 17.2. The molecule has 1 unspecified atom stereocenters. The normalized spacial score (nSPS) is 21.0. The van der Waals surface area contributed by atoms with E-state index < -0.39 is 5.54 Å². The average molecular weight is 764 g/mol. The number of carbonyl (C=O) groups is 1. The Labute approximate surface area is 279 Å². The Morgan fingerprint density at radius 3 is 1.86 bits per heavy atom. The molecule has 3 aromatic carbocycles. The van der Waals surface area contributed by atoms with Crippen LogP contribution in [0.1, 0.15) is 77.5 Å². The van der Waals surface area contributed by atoms with Gasteiger partial charge in [-0.05, 0) is 31.4 Å². The number of fused-ring (bicyclic) bond motifs is 10. The summed E-state index contributed by atoms with van der Waals surface area (Å²) in [5.41, 5.74) is 5.58. The van der Waals surface area contributed by atoms with E-state index in [-0.39, 0.29) is 71.7 Å². The van der Waals surface area contributed by atoms with Gasteiger partial charge in [-0.15, -0.1) is 5.41 Å². The summed E-state index contributed by atoms with van der Waals surface area (Å²) in [4.78, 5) is 16.0. The fourth-order valence-electron chi connectivity index (χ4n) is 7.66. The summed E-state index contributed by atoms with van der Waals surface area (Å²) in [7, 11) is 4.08. The first-order chi connectivity index (χ1) is 18.7. The number of para-hydroxylation sites is 2. The van der Waals surface area contributed by atoms with Crippen LogP contribution < -0.4 is 0 Å². The van der Waals surface area contributed by atoms with Crippen LogP contribution in [0.2, 0.25) is 0 Å². The number of aromatic nitrogens is 2. The predicted octanol–water partition coefficient (Wildman–Crippen LogP) is 9.88. The van der Waals surface area contributed by atoms with Gasteiger partial charge in [0.05, 0.1) is 27.7 Å². The van der Waals surface area contributed by atoms with E-state index in [4.69, 9.17) is 4.74 Å². The number of amides is 1. The molecule has 1 amide bonds. The molecule has 5 nitrogen and oxygen atoms in total. The Bertz CT molecular complexity index is 1920. The third-order valence-corrected chi connectivity index (χ3v) is 11.5. The van der Waals surface area contributed by atoms with Crippen LogP contribution in [0.15, 0.2) is 48.5 Å². The summed E-state index contributed by atoms with van der Waals surface area (Å²) < 4.78 is 11.6. The summed E-state index contributed by atoms with van der Waals surface area (Å²) in [6.45, 7) is 20.4. The number of aryl methyl sites for hydroxylation is 1. The molecule has 0 saturated carbocycles. The van der Waals surface area contributed by atoms with Gasteiger partial charge < -0.3 is 41.1 Å². The molecule has 0 radical (unpaired) electrons. The Kier molecular flexibility index (Phi) is 8.75. The van der Waals surface area contributed by atoms with Crippen molar-refractivity contribution < 1.29 is 30.6 Å². The monoisotopic (exact) mass is 763 g/mol. The van der Waals surface area contributed by atoms with E-state index in [1.165, 1.54) is 5.39 Å². The van der Waals surface area contributed by atoms with Crippen molar-refractivity contribution >= 4 is 49.5 Å². The summed E-state index contributed by atoms with van der Waals surface area (Å²) in [5.74, 6) is 0.0885. The maximum atomic E-state index is 14.1. The van der Waals surface area contributed by atoms with Gasteiger partial charge >= 0.3 is 0 Å². The predicted molar refractivity (Wildman–Crippen MR) is 184 cm³/mol. The second-order valence-corrected chi connectivity index (χ2v) is 14.3. The molecule has 4 heterocycles.